The van der Waals surface area contributed by atoms with Crippen LogP contribution in [0.1, 0.15) is 38.7 Å². The fourth-order valence-electron chi connectivity index (χ4n) is 3.05. The molecule has 0 amide bonds. The van der Waals surface area contributed by atoms with Gasteiger partial charge in [0.1, 0.15) is 5.82 Å². The molecule has 0 aliphatic carbocycles. The van der Waals surface area contributed by atoms with Gasteiger partial charge in [0.05, 0.1) is 19.3 Å². The molecule has 0 spiro atoms. The maximum absolute atomic E-state index is 13.4. The molecule has 1 fully saturated rings. The number of likely N-dealkylation sites (tertiary alicyclic amines) is 1. The second-order valence-electron chi connectivity index (χ2n) is 6.09. The van der Waals surface area contributed by atoms with Crippen molar-refractivity contribution in [2.45, 2.75) is 57.9 Å². The first-order valence-corrected chi connectivity index (χ1v) is 7.83. The fraction of sp³-hybridized carbons (Fsp3) is 0.647. The van der Waals surface area contributed by atoms with E-state index in [0.717, 1.165) is 0 Å². The molecule has 0 radical (unpaired) electrons. The molecule has 1 aromatic carbocycles. The standard InChI is InChI=1S/C17H26FNO2/c1-13-6-5-7-14(2)19(13)10-16(20)12-21-11-15-8-3-4-9-17(15)18/h3-4,8-9,13-14,16,20H,5-7,10-12H2,1-2H3/t13-,14-,16+/m1/s1. The van der Waals surface area contributed by atoms with Crippen molar-refractivity contribution < 1.29 is 14.2 Å². The summed E-state index contributed by atoms with van der Waals surface area (Å²) in [5.41, 5.74) is 0.532. The van der Waals surface area contributed by atoms with Gasteiger partial charge in [-0.1, -0.05) is 24.6 Å². The normalized spacial score (nSPS) is 25.0. The smallest absolute Gasteiger partial charge is 0.128 e. The van der Waals surface area contributed by atoms with E-state index in [1.165, 1.54) is 25.3 Å². The predicted octanol–water partition coefficient (Wildman–Crippen LogP) is 2.97. The van der Waals surface area contributed by atoms with E-state index >= 15 is 0 Å². The van der Waals surface area contributed by atoms with Crippen LogP contribution in [0.3, 0.4) is 0 Å². The predicted molar refractivity (Wildman–Crippen MR) is 81.5 cm³/mol. The van der Waals surface area contributed by atoms with Crippen LogP contribution in [-0.4, -0.2) is 41.3 Å². The lowest BCUT2D eigenvalue weighted by atomic mass is 9.97. The molecule has 0 aromatic heterocycles. The summed E-state index contributed by atoms with van der Waals surface area (Å²) in [5.74, 6) is -0.259. The third-order valence-corrected chi connectivity index (χ3v) is 4.32. The first-order valence-electron chi connectivity index (χ1n) is 7.83. The van der Waals surface area contributed by atoms with E-state index in [0.29, 0.717) is 24.2 Å². The van der Waals surface area contributed by atoms with E-state index < -0.39 is 6.10 Å². The number of benzene rings is 1. The van der Waals surface area contributed by atoms with E-state index in [9.17, 15) is 9.50 Å². The zero-order valence-corrected chi connectivity index (χ0v) is 13.0. The van der Waals surface area contributed by atoms with Crippen molar-refractivity contribution in [1.82, 2.24) is 4.90 Å². The Bertz CT molecular complexity index is 431. The van der Waals surface area contributed by atoms with Crippen molar-refractivity contribution in [2.75, 3.05) is 13.2 Å². The summed E-state index contributed by atoms with van der Waals surface area (Å²) in [7, 11) is 0. The minimum Gasteiger partial charge on any atom is -0.389 e. The van der Waals surface area contributed by atoms with Gasteiger partial charge in [0, 0.05) is 24.2 Å². The molecule has 4 heteroatoms. The average Bonchev–Trinajstić information content (AvgIpc) is 2.45. The highest BCUT2D eigenvalue weighted by Gasteiger charge is 2.26. The van der Waals surface area contributed by atoms with Gasteiger partial charge in [0.25, 0.3) is 0 Å². The van der Waals surface area contributed by atoms with Crippen molar-refractivity contribution in [3.05, 3.63) is 35.6 Å². The van der Waals surface area contributed by atoms with Crippen molar-refractivity contribution in [1.29, 1.82) is 0 Å². The van der Waals surface area contributed by atoms with E-state index in [2.05, 4.69) is 18.7 Å². The van der Waals surface area contributed by atoms with Gasteiger partial charge in [-0.25, -0.2) is 4.39 Å². The Morgan fingerprint density at radius 2 is 1.95 bits per heavy atom. The Balaban J connectivity index is 1.74. The van der Waals surface area contributed by atoms with E-state index in [1.807, 2.05) is 0 Å². The molecular weight excluding hydrogens is 269 g/mol. The van der Waals surface area contributed by atoms with Crippen LogP contribution >= 0.6 is 0 Å². The van der Waals surface area contributed by atoms with Gasteiger partial charge in [-0.15, -0.1) is 0 Å². The van der Waals surface area contributed by atoms with Crippen LogP contribution in [0.4, 0.5) is 4.39 Å². The summed E-state index contributed by atoms with van der Waals surface area (Å²) >= 11 is 0. The quantitative estimate of drug-likeness (QED) is 0.876. The summed E-state index contributed by atoms with van der Waals surface area (Å²) in [6.07, 6.45) is 3.11. The molecule has 3 atom stereocenters. The molecule has 1 N–H and O–H groups in total. The highest BCUT2D eigenvalue weighted by atomic mass is 19.1. The Kier molecular flexibility index (Phi) is 6.15. The number of aliphatic hydroxyl groups excluding tert-OH is 1. The van der Waals surface area contributed by atoms with E-state index in [4.69, 9.17) is 4.74 Å². The topological polar surface area (TPSA) is 32.7 Å². The van der Waals surface area contributed by atoms with Crippen molar-refractivity contribution in [3.63, 3.8) is 0 Å². The molecule has 3 nitrogen and oxygen atoms in total. The summed E-state index contributed by atoms with van der Waals surface area (Å²) in [5, 5.41) is 10.1. The minimum atomic E-state index is -0.528. The van der Waals surface area contributed by atoms with Crippen LogP contribution in [0.2, 0.25) is 0 Å². The average molecular weight is 295 g/mol. The van der Waals surface area contributed by atoms with Crippen LogP contribution < -0.4 is 0 Å². The number of ether oxygens (including phenoxy) is 1. The molecule has 0 unspecified atom stereocenters. The number of halogens is 1. The van der Waals surface area contributed by atoms with Gasteiger partial charge in [0.2, 0.25) is 0 Å². The minimum absolute atomic E-state index is 0.203. The SMILES string of the molecule is C[C@@H]1CCC[C@@H](C)N1C[C@H](O)COCc1ccccc1F. The summed E-state index contributed by atoms with van der Waals surface area (Å²) in [4.78, 5) is 2.35. The number of rotatable bonds is 6. The molecule has 118 valence electrons. The van der Waals surface area contributed by atoms with Crippen LogP contribution in [0.15, 0.2) is 24.3 Å². The highest BCUT2D eigenvalue weighted by Crippen LogP contribution is 2.22. The summed E-state index contributed by atoms with van der Waals surface area (Å²) in [6, 6.07) is 7.59. The monoisotopic (exact) mass is 295 g/mol. The molecule has 1 aliphatic heterocycles. The lowest BCUT2D eigenvalue weighted by molar-refractivity contribution is -0.0140. The second-order valence-corrected chi connectivity index (χ2v) is 6.09. The first-order chi connectivity index (χ1) is 10.1. The van der Waals surface area contributed by atoms with Gasteiger partial charge >= 0.3 is 0 Å². The second kappa shape index (κ2) is 7.87. The summed E-state index contributed by atoms with van der Waals surface area (Å²) in [6.45, 7) is 5.49. The first kappa shape index (κ1) is 16.4. The zero-order valence-electron chi connectivity index (χ0n) is 13.0. The molecule has 0 bridgehead atoms. The van der Waals surface area contributed by atoms with E-state index in [1.54, 1.807) is 18.2 Å². The Morgan fingerprint density at radius 3 is 2.62 bits per heavy atom. The Hall–Kier alpha value is -0.970. The molecular formula is C17H26FNO2. The number of nitrogens with zero attached hydrogens (tertiary/aromatic N) is 1. The van der Waals surface area contributed by atoms with Crippen molar-refractivity contribution in [3.8, 4) is 0 Å². The van der Waals surface area contributed by atoms with Gasteiger partial charge in [-0.3, -0.25) is 4.90 Å². The maximum atomic E-state index is 13.4. The third kappa shape index (κ3) is 4.77. The van der Waals surface area contributed by atoms with Gasteiger partial charge in [-0.05, 0) is 32.8 Å². The molecule has 1 aromatic rings. The molecule has 0 saturated carbocycles. The van der Waals surface area contributed by atoms with Gasteiger partial charge in [-0.2, -0.15) is 0 Å². The van der Waals surface area contributed by atoms with E-state index in [-0.39, 0.29) is 19.0 Å². The largest absolute Gasteiger partial charge is 0.389 e. The number of hydrogen-bond acceptors (Lipinski definition) is 3. The van der Waals surface area contributed by atoms with Crippen molar-refractivity contribution in [2.24, 2.45) is 0 Å². The Morgan fingerprint density at radius 1 is 1.29 bits per heavy atom. The van der Waals surface area contributed by atoms with Crippen LogP contribution in [0.5, 0.6) is 0 Å². The third-order valence-electron chi connectivity index (χ3n) is 4.32. The number of β-amino-alcohol motifs (C(OH)–C–C–N with tert-alkyl or cyclic N) is 1. The van der Waals surface area contributed by atoms with Crippen LogP contribution in [0.25, 0.3) is 0 Å². The fourth-order valence-corrected chi connectivity index (χ4v) is 3.05. The van der Waals surface area contributed by atoms with Crippen LogP contribution in [-0.2, 0) is 11.3 Å². The summed E-state index contributed by atoms with van der Waals surface area (Å²) < 4.78 is 18.9. The van der Waals surface area contributed by atoms with Gasteiger partial charge < -0.3 is 9.84 Å². The van der Waals surface area contributed by atoms with Gasteiger partial charge in [0.15, 0.2) is 0 Å². The van der Waals surface area contributed by atoms with Crippen molar-refractivity contribution >= 4 is 0 Å². The highest BCUT2D eigenvalue weighted by molar-refractivity contribution is 5.16. The van der Waals surface area contributed by atoms with Crippen LogP contribution in [0, 0.1) is 5.82 Å². The molecule has 1 saturated heterocycles. The molecule has 21 heavy (non-hydrogen) atoms. The molecule has 1 aliphatic rings. The maximum Gasteiger partial charge on any atom is 0.128 e. The lowest BCUT2D eigenvalue weighted by Crippen LogP contribution is -2.48. The Labute approximate surface area is 126 Å². The zero-order chi connectivity index (χ0) is 15.2. The number of aliphatic hydroxyl groups is 1. The molecule has 2 rings (SSSR count). The lowest BCUT2D eigenvalue weighted by Gasteiger charge is -2.40. The molecule has 1 heterocycles. The number of piperidine rings is 1. The number of hydrogen-bond donors (Lipinski definition) is 1.